The number of hydrogen-bond donors (Lipinski definition) is 2. The molecule has 0 saturated heterocycles. The summed E-state index contributed by atoms with van der Waals surface area (Å²) < 4.78 is 0.995. The molecule has 1 fully saturated rings. The Balaban J connectivity index is 1.80. The number of nitrogens with one attached hydrogen (secondary N) is 1. The van der Waals surface area contributed by atoms with E-state index < -0.39 is 16.8 Å². The maximum absolute atomic E-state index is 13.0. The van der Waals surface area contributed by atoms with Crippen LogP contribution in [0.4, 0.5) is 11.4 Å². The number of carbonyl (C=O) groups excluding carboxylic acids is 1. The second-order valence-corrected chi connectivity index (χ2v) is 9.18. The molecule has 2 aromatic carbocycles. The molecule has 0 heterocycles. The molecule has 0 radical (unpaired) electrons. The number of para-hydroxylation sites is 2. The van der Waals surface area contributed by atoms with Crippen molar-refractivity contribution < 1.29 is 14.7 Å². The number of benzene rings is 2. The van der Waals surface area contributed by atoms with Gasteiger partial charge in [-0.05, 0) is 55.0 Å². The van der Waals surface area contributed by atoms with Gasteiger partial charge in [0.1, 0.15) is 0 Å². The van der Waals surface area contributed by atoms with Crippen LogP contribution in [0.3, 0.4) is 0 Å². The monoisotopic (exact) mass is 456 g/mol. The number of aliphatic carboxylic acids is 1. The molecular formula is C23H25BrN2O3. The molecule has 1 amide bonds. The van der Waals surface area contributed by atoms with E-state index in [-0.39, 0.29) is 11.8 Å². The largest absolute Gasteiger partial charge is 0.481 e. The first-order valence-electron chi connectivity index (χ1n) is 9.58. The third-order valence-electron chi connectivity index (χ3n) is 6.40. The summed E-state index contributed by atoms with van der Waals surface area (Å²) in [6.07, 6.45) is 2.78. The van der Waals surface area contributed by atoms with E-state index >= 15 is 0 Å². The van der Waals surface area contributed by atoms with Gasteiger partial charge in [-0.1, -0.05) is 54.0 Å². The van der Waals surface area contributed by atoms with E-state index in [4.69, 9.17) is 0 Å². The van der Waals surface area contributed by atoms with Crippen LogP contribution >= 0.6 is 15.9 Å². The lowest BCUT2D eigenvalue weighted by molar-refractivity contribution is -0.154. The third-order valence-corrected chi connectivity index (χ3v) is 6.93. The molecule has 152 valence electrons. The molecule has 29 heavy (non-hydrogen) atoms. The smallest absolute Gasteiger partial charge is 0.309 e. The molecule has 0 aromatic heterocycles. The Morgan fingerprint density at radius 3 is 2.41 bits per heavy atom. The molecule has 0 bridgehead atoms. The Labute approximate surface area is 179 Å². The predicted molar refractivity (Wildman–Crippen MR) is 119 cm³/mol. The van der Waals surface area contributed by atoms with E-state index in [0.29, 0.717) is 24.2 Å². The fraction of sp³-hybridized carbons (Fsp3) is 0.348. The molecule has 1 aliphatic rings. The van der Waals surface area contributed by atoms with Gasteiger partial charge in [-0.15, -0.1) is 0 Å². The van der Waals surface area contributed by atoms with Crippen LogP contribution in [0.25, 0.3) is 0 Å². The number of anilines is 1. The zero-order chi connectivity index (χ0) is 21.2. The Hall–Kier alpha value is -2.47. The lowest BCUT2D eigenvalue weighted by Crippen LogP contribution is -2.43. The summed E-state index contributed by atoms with van der Waals surface area (Å²) in [7, 11) is 0. The number of halogens is 1. The van der Waals surface area contributed by atoms with Crippen molar-refractivity contribution in [1.29, 1.82) is 0 Å². The number of carboxylic acid groups (broad SMARTS) is 1. The average Bonchev–Trinajstić information content (AvgIpc) is 2.93. The molecule has 2 atom stereocenters. The highest BCUT2D eigenvalue weighted by molar-refractivity contribution is 9.10. The first kappa shape index (κ1) is 21.2. The van der Waals surface area contributed by atoms with Gasteiger partial charge in [-0.25, -0.2) is 0 Å². The van der Waals surface area contributed by atoms with Gasteiger partial charge >= 0.3 is 5.97 Å². The zero-order valence-corrected chi connectivity index (χ0v) is 18.4. The fourth-order valence-corrected chi connectivity index (χ4v) is 4.21. The first-order chi connectivity index (χ1) is 13.6. The Kier molecular flexibility index (Phi) is 5.94. The van der Waals surface area contributed by atoms with Gasteiger partial charge in [0, 0.05) is 16.6 Å². The summed E-state index contributed by atoms with van der Waals surface area (Å²) in [5, 5.41) is 12.7. The molecule has 0 unspecified atom stereocenters. The van der Waals surface area contributed by atoms with Crippen molar-refractivity contribution in [2.24, 2.45) is 21.7 Å². The number of amides is 1. The molecular weight excluding hydrogens is 432 g/mol. The minimum atomic E-state index is -0.922. The van der Waals surface area contributed by atoms with Crippen molar-refractivity contribution in [2.45, 2.75) is 33.6 Å². The molecule has 0 spiro atoms. The van der Waals surface area contributed by atoms with Gasteiger partial charge in [-0.2, -0.15) is 0 Å². The summed E-state index contributed by atoms with van der Waals surface area (Å²) in [6.45, 7) is 5.48. The van der Waals surface area contributed by atoms with Crippen LogP contribution in [0.5, 0.6) is 0 Å². The lowest BCUT2D eigenvalue weighted by atomic mass is 9.65. The Bertz CT molecular complexity index is 953. The Morgan fingerprint density at radius 2 is 1.79 bits per heavy atom. The quantitative estimate of drug-likeness (QED) is 0.569. The number of hydrogen-bond acceptors (Lipinski definition) is 3. The van der Waals surface area contributed by atoms with Crippen LogP contribution in [-0.4, -0.2) is 23.2 Å². The van der Waals surface area contributed by atoms with Crippen molar-refractivity contribution in [3.8, 4) is 0 Å². The molecule has 5 nitrogen and oxygen atoms in total. The highest BCUT2D eigenvalue weighted by Crippen LogP contribution is 2.56. The number of rotatable bonds is 5. The third kappa shape index (κ3) is 4.13. The van der Waals surface area contributed by atoms with Crippen LogP contribution < -0.4 is 5.32 Å². The number of carboxylic acids is 1. The minimum Gasteiger partial charge on any atom is -0.481 e. The standard InChI is InChI=1S/C23H25BrN2O3/c1-22(2)17(12-13-23(22,3)21(28)29)20(27)26-19-7-5-4-6-18(19)25-14-15-8-10-16(24)11-9-15/h4-11,14,17H,12-13H2,1-3H3,(H,26,27)(H,28,29)/t17-,23-/m0/s1. The van der Waals surface area contributed by atoms with Crippen LogP contribution in [0.2, 0.25) is 0 Å². The highest BCUT2D eigenvalue weighted by Gasteiger charge is 2.58. The zero-order valence-electron chi connectivity index (χ0n) is 16.8. The molecule has 2 N–H and O–H groups in total. The van der Waals surface area contributed by atoms with Crippen molar-refractivity contribution in [2.75, 3.05) is 5.32 Å². The van der Waals surface area contributed by atoms with Crippen LogP contribution in [0.15, 0.2) is 58.0 Å². The van der Waals surface area contributed by atoms with E-state index in [1.165, 1.54) is 0 Å². The summed E-state index contributed by atoms with van der Waals surface area (Å²) in [6, 6.07) is 15.1. The van der Waals surface area contributed by atoms with Crippen molar-refractivity contribution in [3.63, 3.8) is 0 Å². The Morgan fingerprint density at radius 1 is 1.14 bits per heavy atom. The number of carbonyl (C=O) groups is 2. The summed E-state index contributed by atoms with van der Waals surface area (Å²) in [5.41, 5.74) is 0.641. The van der Waals surface area contributed by atoms with E-state index in [0.717, 1.165) is 10.0 Å². The van der Waals surface area contributed by atoms with Crippen LogP contribution in [0, 0.1) is 16.7 Å². The SMILES string of the molecule is CC1(C)[C@H](C(=O)Nc2ccccc2N=Cc2ccc(Br)cc2)CC[C@@]1(C)C(=O)O. The van der Waals surface area contributed by atoms with Gasteiger partial charge in [0.2, 0.25) is 5.91 Å². The van der Waals surface area contributed by atoms with Crippen LogP contribution in [-0.2, 0) is 9.59 Å². The van der Waals surface area contributed by atoms with E-state index in [1.807, 2.05) is 62.4 Å². The summed E-state index contributed by atoms with van der Waals surface area (Å²) >= 11 is 3.41. The molecule has 1 aliphatic carbocycles. The van der Waals surface area contributed by atoms with E-state index in [2.05, 4.69) is 26.2 Å². The fourth-order valence-electron chi connectivity index (χ4n) is 3.95. The lowest BCUT2D eigenvalue weighted by Gasteiger charge is -2.37. The summed E-state index contributed by atoms with van der Waals surface area (Å²) in [4.78, 5) is 29.4. The van der Waals surface area contributed by atoms with Crippen molar-refractivity contribution >= 4 is 45.4 Å². The van der Waals surface area contributed by atoms with Crippen molar-refractivity contribution in [3.05, 3.63) is 58.6 Å². The highest BCUT2D eigenvalue weighted by atomic mass is 79.9. The minimum absolute atomic E-state index is 0.161. The maximum Gasteiger partial charge on any atom is 0.309 e. The van der Waals surface area contributed by atoms with Crippen LogP contribution in [0.1, 0.15) is 39.2 Å². The molecule has 3 rings (SSSR count). The molecule has 0 aliphatic heterocycles. The second kappa shape index (κ2) is 8.11. The second-order valence-electron chi connectivity index (χ2n) is 8.27. The van der Waals surface area contributed by atoms with Gasteiger partial charge in [-0.3, -0.25) is 14.6 Å². The normalized spacial score (nSPS) is 23.2. The topological polar surface area (TPSA) is 78.8 Å². The van der Waals surface area contributed by atoms with Gasteiger partial charge in [0.15, 0.2) is 0 Å². The molecule has 6 heteroatoms. The summed E-state index contributed by atoms with van der Waals surface area (Å²) in [5.74, 6) is -1.39. The number of nitrogens with zero attached hydrogens (tertiary/aromatic N) is 1. The molecule has 1 saturated carbocycles. The van der Waals surface area contributed by atoms with Gasteiger partial charge in [0.25, 0.3) is 0 Å². The first-order valence-corrected chi connectivity index (χ1v) is 10.4. The van der Waals surface area contributed by atoms with E-state index in [1.54, 1.807) is 13.1 Å². The maximum atomic E-state index is 13.0. The van der Waals surface area contributed by atoms with Gasteiger partial charge < -0.3 is 10.4 Å². The van der Waals surface area contributed by atoms with Crippen molar-refractivity contribution in [1.82, 2.24) is 0 Å². The number of aliphatic imine (C=N–C) groups is 1. The molecule has 2 aromatic rings. The van der Waals surface area contributed by atoms with Gasteiger partial charge in [0.05, 0.1) is 16.8 Å². The average molecular weight is 457 g/mol. The predicted octanol–water partition coefficient (Wildman–Crippen LogP) is 5.67. The van der Waals surface area contributed by atoms with E-state index in [9.17, 15) is 14.7 Å².